The third-order valence-electron chi connectivity index (χ3n) is 2.39. The van der Waals surface area contributed by atoms with Gasteiger partial charge in [0.25, 0.3) is 0 Å². The summed E-state index contributed by atoms with van der Waals surface area (Å²) in [6, 6.07) is 0. The van der Waals surface area contributed by atoms with E-state index < -0.39 is 0 Å². The Morgan fingerprint density at radius 3 is 2.00 bits per heavy atom. The molecule has 0 rings (SSSR count). The van der Waals surface area contributed by atoms with Crippen LogP contribution in [0.1, 0.15) is 53.9 Å². The summed E-state index contributed by atoms with van der Waals surface area (Å²) >= 11 is 0. The maximum Gasteiger partial charge on any atom is 0.0433 e. The summed E-state index contributed by atoms with van der Waals surface area (Å²) in [5, 5.41) is 8.78. The van der Waals surface area contributed by atoms with Crippen LogP contribution in [0.3, 0.4) is 0 Å². The van der Waals surface area contributed by atoms with Gasteiger partial charge in [-0.3, -0.25) is 0 Å². The second-order valence-corrected chi connectivity index (χ2v) is 5.72. The molecule has 0 bridgehead atoms. The van der Waals surface area contributed by atoms with Crippen LogP contribution in [0.4, 0.5) is 0 Å². The van der Waals surface area contributed by atoms with E-state index in [9.17, 15) is 0 Å². The van der Waals surface area contributed by atoms with Crippen LogP contribution < -0.4 is 0 Å². The molecule has 0 radical (unpaired) electrons. The molecule has 0 amide bonds. The summed E-state index contributed by atoms with van der Waals surface area (Å²) in [5.41, 5.74) is 0.443. The summed E-state index contributed by atoms with van der Waals surface area (Å²) in [6.45, 7) is 11.8. The van der Waals surface area contributed by atoms with E-state index >= 15 is 0 Å². The average molecular weight is 186 g/mol. The van der Waals surface area contributed by atoms with Gasteiger partial charge >= 0.3 is 0 Å². The predicted octanol–water partition coefficient (Wildman–Crippen LogP) is 3.47. The fraction of sp³-hybridized carbons (Fsp3) is 1.00. The highest BCUT2D eigenvalue weighted by atomic mass is 16.3. The van der Waals surface area contributed by atoms with E-state index in [-0.39, 0.29) is 0 Å². The van der Waals surface area contributed by atoms with Crippen LogP contribution in [0.25, 0.3) is 0 Å². The number of hydrogen-bond donors (Lipinski definition) is 1. The first-order chi connectivity index (χ1) is 5.85. The Bertz CT molecular complexity index is 124. The molecule has 0 aliphatic heterocycles. The van der Waals surface area contributed by atoms with Gasteiger partial charge in [0.1, 0.15) is 0 Å². The molecule has 2 unspecified atom stereocenters. The van der Waals surface area contributed by atoms with Gasteiger partial charge in [-0.1, -0.05) is 34.6 Å². The highest BCUT2D eigenvalue weighted by Gasteiger charge is 2.16. The third-order valence-corrected chi connectivity index (χ3v) is 2.39. The SMILES string of the molecule is CC(CCO)CC(C)CC(C)(C)C. The van der Waals surface area contributed by atoms with Crippen molar-refractivity contribution in [3.05, 3.63) is 0 Å². The molecule has 0 saturated heterocycles. The quantitative estimate of drug-likeness (QED) is 0.697. The lowest BCUT2D eigenvalue weighted by Gasteiger charge is -2.25. The molecular formula is C12H26O. The van der Waals surface area contributed by atoms with Crippen molar-refractivity contribution in [3.8, 4) is 0 Å². The molecule has 1 N–H and O–H groups in total. The molecule has 2 atom stereocenters. The van der Waals surface area contributed by atoms with Crippen LogP contribution in [-0.2, 0) is 0 Å². The fourth-order valence-corrected chi connectivity index (χ4v) is 2.15. The molecule has 1 nitrogen and oxygen atoms in total. The minimum absolute atomic E-state index is 0.337. The minimum atomic E-state index is 0.337. The summed E-state index contributed by atoms with van der Waals surface area (Å²) in [7, 11) is 0. The smallest absolute Gasteiger partial charge is 0.0433 e. The lowest BCUT2D eigenvalue weighted by atomic mass is 9.81. The second kappa shape index (κ2) is 5.64. The molecule has 80 valence electrons. The number of rotatable bonds is 5. The first kappa shape index (κ1) is 13.0. The number of aliphatic hydroxyl groups is 1. The molecule has 0 aromatic heterocycles. The maximum absolute atomic E-state index is 8.78. The summed E-state index contributed by atoms with van der Waals surface area (Å²) < 4.78 is 0. The Hall–Kier alpha value is -0.0400. The van der Waals surface area contributed by atoms with Gasteiger partial charge in [0.05, 0.1) is 0 Å². The zero-order valence-corrected chi connectivity index (χ0v) is 9.93. The first-order valence-corrected chi connectivity index (χ1v) is 5.46. The van der Waals surface area contributed by atoms with Crippen molar-refractivity contribution in [2.24, 2.45) is 17.3 Å². The van der Waals surface area contributed by atoms with Gasteiger partial charge in [-0.25, -0.2) is 0 Å². The molecule has 0 aromatic carbocycles. The number of hydrogen-bond acceptors (Lipinski definition) is 1. The van der Waals surface area contributed by atoms with Crippen LogP contribution in [0.5, 0.6) is 0 Å². The van der Waals surface area contributed by atoms with Crippen molar-refractivity contribution < 1.29 is 5.11 Å². The maximum atomic E-state index is 8.78. The van der Waals surface area contributed by atoms with Crippen molar-refractivity contribution in [1.82, 2.24) is 0 Å². The molecule has 0 aliphatic carbocycles. The van der Waals surface area contributed by atoms with Crippen LogP contribution in [-0.4, -0.2) is 11.7 Å². The summed E-state index contributed by atoms with van der Waals surface area (Å²) in [6.07, 6.45) is 3.48. The molecule has 0 aliphatic rings. The van der Waals surface area contributed by atoms with Crippen molar-refractivity contribution in [3.63, 3.8) is 0 Å². The van der Waals surface area contributed by atoms with Crippen molar-refractivity contribution >= 4 is 0 Å². The molecule has 13 heavy (non-hydrogen) atoms. The highest BCUT2D eigenvalue weighted by Crippen LogP contribution is 2.28. The van der Waals surface area contributed by atoms with E-state index in [2.05, 4.69) is 34.6 Å². The van der Waals surface area contributed by atoms with Crippen molar-refractivity contribution in [2.75, 3.05) is 6.61 Å². The van der Waals surface area contributed by atoms with Crippen LogP contribution >= 0.6 is 0 Å². The van der Waals surface area contributed by atoms with E-state index in [4.69, 9.17) is 5.11 Å². The normalized spacial score (nSPS) is 17.1. The van der Waals surface area contributed by atoms with E-state index in [0.29, 0.717) is 17.9 Å². The standard InChI is InChI=1S/C12H26O/c1-10(6-7-13)8-11(2)9-12(3,4)5/h10-11,13H,6-9H2,1-5H3. The molecule has 0 heterocycles. The first-order valence-electron chi connectivity index (χ1n) is 5.46. The zero-order chi connectivity index (χ0) is 10.5. The molecular weight excluding hydrogens is 160 g/mol. The van der Waals surface area contributed by atoms with Gasteiger partial charge < -0.3 is 5.11 Å². The van der Waals surface area contributed by atoms with Gasteiger partial charge in [0.2, 0.25) is 0 Å². The minimum Gasteiger partial charge on any atom is -0.396 e. The van der Waals surface area contributed by atoms with E-state index in [0.717, 1.165) is 12.3 Å². The Kier molecular flexibility index (Phi) is 5.62. The second-order valence-electron chi connectivity index (χ2n) is 5.72. The molecule has 0 spiro atoms. The lowest BCUT2D eigenvalue weighted by Crippen LogP contribution is -2.13. The van der Waals surface area contributed by atoms with E-state index in [1.165, 1.54) is 12.8 Å². The predicted molar refractivity (Wildman–Crippen MR) is 58.7 cm³/mol. The summed E-state index contributed by atoms with van der Waals surface area (Å²) in [4.78, 5) is 0. The van der Waals surface area contributed by atoms with Crippen molar-refractivity contribution in [1.29, 1.82) is 0 Å². The van der Waals surface area contributed by atoms with Gasteiger partial charge in [0, 0.05) is 6.61 Å². The van der Waals surface area contributed by atoms with E-state index in [1.807, 2.05) is 0 Å². The Morgan fingerprint density at radius 1 is 1.08 bits per heavy atom. The van der Waals surface area contributed by atoms with Gasteiger partial charge in [-0.2, -0.15) is 0 Å². The highest BCUT2D eigenvalue weighted by molar-refractivity contribution is 4.68. The summed E-state index contributed by atoms with van der Waals surface area (Å²) in [5.74, 6) is 1.45. The Morgan fingerprint density at radius 2 is 1.62 bits per heavy atom. The molecule has 0 fully saturated rings. The molecule has 1 heteroatoms. The number of aliphatic hydroxyl groups excluding tert-OH is 1. The van der Waals surface area contributed by atoms with Gasteiger partial charge in [0.15, 0.2) is 0 Å². The van der Waals surface area contributed by atoms with Crippen LogP contribution in [0, 0.1) is 17.3 Å². The fourth-order valence-electron chi connectivity index (χ4n) is 2.15. The Balaban J connectivity index is 3.67. The largest absolute Gasteiger partial charge is 0.396 e. The molecule has 0 aromatic rings. The van der Waals surface area contributed by atoms with E-state index in [1.54, 1.807) is 0 Å². The topological polar surface area (TPSA) is 20.2 Å². The molecule has 0 saturated carbocycles. The monoisotopic (exact) mass is 186 g/mol. The zero-order valence-electron chi connectivity index (χ0n) is 9.93. The average Bonchev–Trinajstić information content (AvgIpc) is 1.81. The Labute approximate surface area is 83.5 Å². The van der Waals surface area contributed by atoms with Gasteiger partial charge in [-0.15, -0.1) is 0 Å². The van der Waals surface area contributed by atoms with Gasteiger partial charge in [-0.05, 0) is 36.5 Å². The van der Waals surface area contributed by atoms with Crippen LogP contribution in [0.15, 0.2) is 0 Å². The van der Waals surface area contributed by atoms with Crippen LogP contribution in [0.2, 0.25) is 0 Å². The third kappa shape index (κ3) is 8.29. The van der Waals surface area contributed by atoms with Crippen molar-refractivity contribution in [2.45, 2.75) is 53.9 Å². The lowest BCUT2D eigenvalue weighted by molar-refractivity contribution is 0.228.